The molecule has 0 bridgehead atoms. The van der Waals surface area contributed by atoms with E-state index in [9.17, 15) is 4.79 Å². The molecule has 0 atom stereocenters. The highest BCUT2D eigenvalue weighted by molar-refractivity contribution is 7.14. The normalized spacial score (nSPS) is 10.5. The Bertz CT molecular complexity index is 584. The Hall–Kier alpha value is -1.61. The van der Waals surface area contributed by atoms with Crippen LogP contribution in [0.3, 0.4) is 0 Å². The number of carbonyl (C=O) groups is 1. The lowest BCUT2D eigenvalue weighted by Crippen LogP contribution is -2.10. The first-order chi connectivity index (χ1) is 9.10. The summed E-state index contributed by atoms with van der Waals surface area (Å²) in [6, 6.07) is 9.86. The SMILES string of the molecule is CCc1ccc(C(=O)COc2ccc(C)cc2C)s1. The highest BCUT2D eigenvalue weighted by Crippen LogP contribution is 2.21. The number of Topliss-reactive ketones (excluding diaryl/α,β-unsaturated/α-hetero) is 1. The number of benzene rings is 1. The van der Waals surface area contributed by atoms with E-state index in [0.717, 1.165) is 22.6 Å². The van der Waals surface area contributed by atoms with Gasteiger partial charge in [-0.2, -0.15) is 0 Å². The molecule has 0 aliphatic carbocycles. The first kappa shape index (κ1) is 13.8. The molecule has 0 saturated heterocycles. The largest absolute Gasteiger partial charge is 0.485 e. The zero-order chi connectivity index (χ0) is 13.8. The molecular formula is C16H18O2S. The van der Waals surface area contributed by atoms with Crippen molar-refractivity contribution in [3.8, 4) is 5.75 Å². The number of aryl methyl sites for hydroxylation is 3. The lowest BCUT2D eigenvalue weighted by molar-refractivity contribution is 0.0925. The van der Waals surface area contributed by atoms with E-state index in [2.05, 4.69) is 13.0 Å². The van der Waals surface area contributed by atoms with Gasteiger partial charge in [-0.05, 0) is 44.0 Å². The molecule has 0 unspecified atom stereocenters. The molecule has 1 aromatic heterocycles. The van der Waals surface area contributed by atoms with Crippen molar-refractivity contribution in [1.82, 2.24) is 0 Å². The van der Waals surface area contributed by atoms with Crippen LogP contribution in [0.1, 0.15) is 32.6 Å². The topological polar surface area (TPSA) is 26.3 Å². The van der Waals surface area contributed by atoms with Gasteiger partial charge < -0.3 is 4.74 Å². The number of ketones is 1. The number of ether oxygens (including phenoxy) is 1. The van der Waals surface area contributed by atoms with Crippen molar-refractivity contribution in [3.63, 3.8) is 0 Å². The van der Waals surface area contributed by atoms with Gasteiger partial charge in [0.25, 0.3) is 0 Å². The number of carbonyl (C=O) groups excluding carboxylic acids is 1. The van der Waals surface area contributed by atoms with Crippen LogP contribution in [0.4, 0.5) is 0 Å². The second kappa shape index (κ2) is 6.02. The van der Waals surface area contributed by atoms with E-state index in [4.69, 9.17) is 4.74 Å². The fraction of sp³-hybridized carbons (Fsp3) is 0.312. The lowest BCUT2D eigenvalue weighted by Gasteiger charge is -2.08. The van der Waals surface area contributed by atoms with Crippen molar-refractivity contribution in [2.45, 2.75) is 27.2 Å². The van der Waals surface area contributed by atoms with Crippen LogP contribution in [0.25, 0.3) is 0 Å². The molecule has 2 aromatic rings. The van der Waals surface area contributed by atoms with Crippen LogP contribution in [-0.2, 0) is 6.42 Å². The third kappa shape index (κ3) is 3.44. The van der Waals surface area contributed by atoms with Gasteiger partial charge in [0.2, 0.25) is 5.78 Å². The Kier molecular flexibility index (Phi) is 4.38. The maximum Gasteiger partial charge on any atom is 0.210 e. The molecule has 0 saturated carbocycles. The Labute approximate surface area is 118 Å². The van der Waals surface area contributed by atoms with Crippen LogP contribution in [-0.4, -0.2) is 12.4 Å². The number of rotatable bonds is 5. The summed E-state index contributed by atoms with van der Waals surface area (Å²) in [5, 5.41) is 0. The minimum atomic E-state index is 0.0460. The molecule has 19 heavy (non-hydrogen) atoms. The molecule has 0 amide bonds. The zero-order valence-electron chi connectivity index (χ0n) is 11.5. The van der Waals surface area contributed by atoms with Crippen LogP contribution in [0, 0.1) is 13.8 Å². The molecule has 2 nitrogen and oxygen atoms in total. The van der Waals surface area contributed by atoms with Crippen molar-refractivity contribution in [3.05, 3.63) is 51.2 Å². The summed E-state index contributed by atoms with van der Waals surface area (Å²) in [6.07, 6.45) is 0.968. The summed E-state index contributed by atoms with van der Waals surface area (Å²) < 4.78 is 5.61. The quantitative estimate of drug-likeness (QED) is 0.764. The van der Waals surface area contributed by atoms with Gasteiger partial charge in [-0.15, -0.1) is 11.3 Å². The van der Waals surface area contributed by atoms with E-state index in [-0.39, 0.29) is 12.4 Å². The third-order valence-electron chi connectivity index (χ3n) is 2.97. The van der Waals surface area contributed by atoms with Crippen molar-refractivity contribution >= 4 is 17.1 Å². The van der Waals surface area contributed by atoms with Gasteiger partial charge >= 0.3 is 0 Å². The Morgan fingerprint density at radius 2 is 2.00 bits per heavy atom. The second-order valence-electron chi connectivity index (χ2n) is 4.60. The molecular weight excluding hydrogens is 256 g/mol. The molecule has 0 aliphatic heterocycles. The predicted molar refractivity (Wildman–Crippen MR) is 79.4 cm³/mol. The van der Waals surface area contributed by atoms with Crippen molar-refractivity contribution in [1.29, 1.82) is 0 Å². The lowest BCUT2D eigenvalue weighted by atomic mass is 10.1. The molecule has 1 aromatic carbocycles. The maximum atomic E-state index is 12.0. The summed E-state index contributed by atoms with van der Waals surface area (Å²) in [5.74, 6) is 0.830. The monoisotopic (exact) mass is 274 g/mol. The van der Waals surface area contributed by atoms with Gasteiger partial charge in [-0.3, -0.25) is 4.79 Å². The zero-order valence-corrected chi connectivity index (χ0v) is 12.3. The van der Waals surface area contributed by atoms with Crippen LogP contribution in [0.5, 0.6) is 5.75 Å². The van der Waals surface area contributed by atoms with Crippen LogP contribution in [0.15, 0.2) is 30.3 Å². The third-order valence-corrected chi connectivity index (χ3v) is 4.24. The Morgan fingerprint density at radius 1 is 1.21 bits per heavy atom. The van der Waals surface area contributed by atoms with Crippen LogP contribution in [0.2, 0.25) is 0 Å². The van der Waals surface area contributed by atoms with Crippen molar-refractivity contribution in [2.75, 3.05) is 6.61 Å². The molecule has 3 heteroatoms. The Balaban J connectivity index is 2.00. The van der Waals surface area contributed by atoms with Gasteiger partial charge in [-0.1, -0.05) is 24.6 Å². The number of hydrogen-bond acceptors (Lipinski definition) is 3. The summed E-state index contributed by atoms with van der Waals surface area (Å²) in [5.41, 5.74) is 2.26. The first-order valence-corrected chi connectivity index (χ1v) is 7.23. The van der Waals surface area contributed by atoms with E-state index in [0.29, 0.717) is 0 Å². The van der Waals surface area contributed by atoms with E-state index < -0.39 is 0 Å². The number of hydrogen-bond donors (Lipinski definition) is 0. The van der Waals surface area contributed by atoms with Crippen molar-refractivity contribution < 1.29 is 9.53 Å². The highest BCUT2D eigenvalue weighted by atomic mass is 32.1. The summed E-state index contributed by atoms with van der Waals surface area (Å²) in [4.78, 5) is 14.0. The molecule has 0 spiro atoms. The van der Waals surface area contributed by atoms with Gasteiger partial charge in [0.1, 0.15) is 5.75 Å². The second-order valence-corrected chi connectivity index (χ2v) is 5.77. The molecule has 0 aliphatic rings. The molecule has 0 fully saturated rings. The van der Waals surface area contributed by atoms with E-state index in [1.54, 1.807) is 11.3 Å². The van der Waals surface area contributed by atoms with Crippen LogP contribution < -0.4 is 4.74 Å². The summed E-state index contributed by atoms with van der Waals surface area (Å²) >= 11 is 1.55. The minimum Gasteiger partial charge on any atom is -0.485 e. The molecule has 0 N–H and O–H groups in total. The average molecular weight is 274 g/mol. The van der Waals surface area contributed by atoms with Crippen LogP contribution >= 0.6 is 11.3 Å². The number of thiophene rings is 1. The van der Waals surface area contributed by atoms with E-state index in [1.807, 2.05) is 38.1 Å². The van der Waals surface area contributed by atoms with Gasteiger partial charge in [-0.25, -0.2) is 0 Å². The van der Waals surface area contributed by atoms with Gasteiger partial charge in [0.15, 0.2) is 6.61 Å². The molecule has 0 radical (unpaired) electrons. The van der Waals surface area contributed by atoms with Gasteiger partial charge in [0, 0.05) is 4.88 Å². The van der Waals surface area contributed by atoms with Crippen molar-refractivity contribution in [2.24, 2.45) is 0 Å². The Morgan fingerprint density at radius 3 is 2.63 bits per heavy atom. The van der Waals surface area contributed by atoms with E-state index >= 15 is 0 Å². The summed E-state index contributed by atoms with van der Waals surface area (Å²) in [6.45, 7) is 6.23. The summed E-state index contributed by atoms with van der Waals surface area (Å²) in [7, 11) is 0. The van der Waals surface area contributed by atoms with E-state index in [1.165, 1.54) is 10.4 Å². The molecule has 1 heterocycles. The fourth-order valence-electron chi connectivity index (χ4n) is 1.89. The standard InChI is InChI=1S/C16H18O2S/c1-4-13-6-8-16(19-13)14(17)10-18-15-7-5-11(2)9-12(15)3/h5-9H,4,10H2,1-3H3. The smallest absolute Gasteiger partial charge is 0.210 e. The minimum absolute atomic E-state index is 0.0460. The maximum absolute atomic E-state index is 12.0. The highest BCUT2D eigenvalue weighted by Gasteiger charge is 2.10. The average Bonchev–Trinajstić information content (AvgIpc) is 2.86. The van der Waals surface area contributed by atoms with Gasteiger partial charge in [0.05, 0.1) is 4.88 Å². The molecule has 100 valence electrons. The fourth-order valence-corrected chi connectivity index (χ4v) is 2.77. The predicted octanol–water partition coefficient (Wildman–Crippen LogP) is 4.19. The molecule has 2 rings (SSSR count). The first-order valence-electron chi connectivity index (χ1n) is 6.42.